The van der Waals surface area contributed by atoms with E-state index in [0.29, 0.717) is 29.1 Å². The Morgan fingerprint density at radius 2 is 1.78 bits per heavy atom. The van der Waals surface area contributed by atoms with Crippen molar-refractivity contribution in [2.75, 3.05) is 11.3 Å². The Kier molecular flexibility index (Phi) is 7.94. The summed E-state index contributed by atoms with van der Waals surface area (Å²) in [5.74, 6) is -0.0205. The maximum Gasteiger partial charge on any atom is 0.264 e. The molecule has 4 bridgehead atoms. The number of aromatic nitrogens is 4. The SMILES string of the molecule is Cc1cccc(C)c1-c1cc2nc(n1)NS(=O)(=O)c1cccc(c1)C(=O)N(Cc1cnc3oc(C(C)(C)O)cc3n1)[C@H](CC1(C)CC1)CO2. The fourth-order valence-corrected chi connectivity index (χ4v) is 7.23. The molecule has 1 fully saturated rings. The Hall–Kier alpha value is -4.88. The Labute approximate surface area is 284 Å². The third-order valence-electron chi connectivity index (χ3n) is 9.24. The predicted octanol–water partition coefficient (Wildman–Crippen LogP) is 5.92. The number of aliphatic hydroxyl groups is 1. The van der Waals surface area contributed by atoms with E-state index in [1.807, 2.05) is 32.0 Å². The van der Waals surface area contributed by atoms with E-state index in [2.05, 4.69) is 26.6 Å². The number of nitrogens with zero attached hydrogens (tertiary/aromatic N) is 5. The van der Waals surface area contributed by atoms with Crippen molar-refractivity contribution in [3.05, 3.63) is 88.9 Å². The Morgan fingerprint density at radius 1 is 1.04 bits per heavy atom. The summed E-state index contributed by atoms with van der Waals surface area (Å²) in [5.41, 5.74) is 3.47. The first-order valence-corrected chi connectivity index (χ1v) is 17.7. The van der Waals surface area contributed by atoms with Crippen LogP contribution in [0.5, 0.6) is 5.88 Å². The van der Waals surface area contributed by atoms with Crippen molar-refractivity contribution in [3.8, 4) is 17.1 Å². The lowest BCUT2D eigenvalue weighted by molar-refractivity contribution is 0.0535. The highest BCUT2D eigenvalue weighted by molar-refractivity contribution is 7.92. The van der Waals surface area contributed by atoms with E-state index in [9.17, 15) is 18.3 Å². The van der Waals surface area contributed by atoms with Gasteiger partial charge < -0.3 is 19.2 Å². The van der Waals surface area contributed by atoms with Crippen molar-refractivity contribution in [2.24, 2.45) is 5.41 Å². The molecule has 5 aromatic rings. The number of fused-ring (bicyclic) bond motifs is 5. The lowest BCUT2D eigenvalue weighted by atomic mass is 9.97. The Bertz CT molecular complexity index is 2190. The Balaban J connectivity index is 1.34. The molecule has 254 valence electrons. The van der Waals surface area contributed by atoms with Crippen LogP contribution in [0, 0.1) is 19.3 Å². The molecule has 12 nitrogen and oxygen atoms in total. The average Bonchev–Trinajstić information content (AvgIpc) is 3.60. The zero-order chi connectivity index (χ0) is 34.7. The monoisotopic (exact) mass is 682 g/mol. The molecule has 1 atom stereocenters. The molecule has 3 aromatic heterocycles. The van der Waals surface area contributed by atoms with Crippen LogP contribution in [-0.4, -0.2) is 56.9 Å². The van der Waals surface area contributed by atoms with Crippen LogP contribution >= 0.6 is 0 Å². The fourth-order valence-electron chi connectivity index (χ4n) is 6.24. The summed E-state index contributed by atoms with van der Waals surface area (Å²) < 4.78 is 42.0. The molecule has 0 radical (unpaired) electrons. The van der Waals surface area contributed by atoms with E-state index < -0.39 is 21.7 Å². The number of sulfonamides is 1. The van der Waals surface area contributed by atoms with Crippen molar-refractivity contribution in [3.63, 3.8) is 0 Å². The molecule has 1 saturated carbocycles. The third-order valence-corrected chi connectivity index (χ3v) is 10.6. The number of benzene rings is 2. The van der Waals surface area contributed by atoms with Gasteiger partial charge in [-0.05, 0) is 81.7 Å². The molecule has 1 aliphatic heterocycles. The predicted molar refractivity (Wildman–Crippen MR) is 182 cm³/mol. The number of hydrogen-bond donors (Lipinski definition) is 2. The summed E-state index contributed by atoms with van der Waals surface area (Å²) in [6.07, 6.45) is 4.21. The molecule has 4 heterocycles. The number of rotatable bonds is 6. The number of anilines is 1. The van der Waals surface area contributed by atoms with Crippen molar-refractivity contribution < 1.29 is 27.5 Å². The zero-order valence-corrected chi connectivity index (χ0v) is 28.8. The molecule has 0 spiro atoms. The number of furan rings is 1. The van der Waals surface area contributed by atoms with E-state index >= 15 is 0 Å². The standard InChI is InChI=1S/C36H38N6O6S/c1-21-8-6-9-22(2)31(21)27-16-30-40-34(39-27)41-49(45,46)26-11-7-10-23(14-26)33(43)42(25(20-47-30)17-36(5)12-13-36)19-24-18-37-32-28(38-24)15-29(48-32)35(3,4)44/h6-11,14-16,18,25,44H,12-13,17,19-20H2,1-5H3,(H,39,40,41)/t25-/m1/s1. The van der Waals surface area contributed by atoms with E-state index in [1.54, 1.807) is 49.2 Å². The summed E-state index contributed by atoms with van der Waals surface area (Å²) in [7, 11) is -4.20. The van der Waals surface area contributed by atoms with Gasteiger partial charge in [0.2, 0.25) is 17.5 Å². The van der Waals surface area contributed by atoms with Crippen LogP contribution in [0.2, 0.25) is 0 Å². The zero-order valence-electron chi connectivity index (χ0n) is 28.0. The van der Waals surface area contributed by atoms with Gasteiger partial charge >= 0.3 is 0 Å². The number of ether oxygens (including phenoxy) is 1. The molecular weight excluding hydrogens is 644 g/mol. The van der Waals surface area contributed by atoms with Crippen molar-refractivity contribution in [2.45, 2.75) is 77.0 Å². The van der Waals surface area contributed by atoms with Gasteiger partial charge in [0.1, 0.15) is 23.5 Å². The molecule has 0 unspecified atom stereocenters. The molecule has 2 N–H and O–H groups in total. The Morgan fingerprint density at radius 3 is 2.49 bits per heavy atom. The summed E-state index contributed by atoms with van der Waals surface area (Å²) >= 11 is 0. The normalized spacial score (nSPS) is 18.5. The summed E-state index contributed by atoms with van der Waals surface area (Å²) in [6, 6.07) is 14.7. The highest BCUT2D eigenvalue weighted by Gasteiger charge is 2.42. The maximum absolute atomic E-state index is 14.5. The minimum Gasteiger partial charge on any atom is -0.475 e. The molecule has 2 aromatic carbocycles. The van der Waals surface area contributed by atoms with Crippen LogP contribution in [-0.2, 0) is 22.2 Å². The number of carbonyl (C=O) groups is 1. The highest BCUT2D eigenvalue weighted by Crippen LogP contribution is 2.49. The number of carbonyl (C=O) groups excluding carboxylic acids is 1. The van der Waals surface area contributed by atoms with Crippen LogP contribution in [0.1, 0.15) is 73.0 Å². The summed E-state index contributed by atoms with van der Waals surface area (Å²) in [5, 5.41) is 10.5. The number of hydrogen-bond acceptors (Lipinski definition) is 10. The van der Waals surface area contributed by atoms with Crippen LogP contribution < -0.4 is 9.46 Å². The molecule has 2 aliphatic rings. The third kappa shape index (κ3) is 6.73. The molecule has 0 saturated heterocycles. The molecule has 49 heavy (non-hydrogen) atoms. The molecule has 7 rings (SSSR count). The smallest absolute Gasteiger partial charge is 0.264 e. The van der Waals surface area contributed by atoms with Gasteiger partial charge in [0.25, 0.3) is 15.9 Å². The number of aryl methyl sites for hydroxylation is 2. The summed E-state index contributed by atoms with van der Waals surface area (Å²) in [4.78, 5) is 34.3. The van der Waals surface area contributed by atoms with Crippen molar-refractivity contribution >= 4 is 33.1 Å². The first-order chi connectivity index (χ1) is 23.2. The van der Waals surface area contributed by atoms with E-state index in [-0.39, 0.29) is 52.5 Å². The number of amides is 1. The van der Waals surface area contributed by atoms with Gasteiger partial charge in [-0.2, -0.15) is 4.98 Å². The van der Waals surface area contributed by atoms with E-state index in [1.165, 1.54) is 12.1 Å². The van der Waals surface area contributed by atoms with E-state index in [4.69, 9.17) is 14.1 Å². The lowest BCUT2D eigenvalue weighted by Gasteiger charge is -2.33. The topological polar surface area (TPSA) is 161 Å². The summed E-state index contributed by atoms with van der Waals surface area (Å²) in [6.45, 7) is 9.49. The van der Waals surface area contributed by atoms with Gasteiger partial charge in [0.15, 0.2) is 0 Å². The van der Waals surface area contributed by atoms with Crippen LogP contribution in [0.25, 0.3) is 22.5 Å². The van der Waals surface area contributed by atoms with Crippen LogP contribution in [0.3, 0.4) is 0 Å². The number of nitrogens with one attached hydrogen (secondary N) is 1. The molecular formula is C36H38N6O6S. The largest absolute Gasteiger partial charge is 0.475 e. The molecule has 1 aliphatic carbocycles. The van der Waals surface area contributed by atoms with E-state index in [0.717, 1.165) is 29.5 Å². The molecule has 1 amide bonds. The van der Waals surface area contributed by atoms with Crippen molar-refractivity contribution in [1.29, 1.82) is 0 Å². The highest BCUT2D eigenvalue weighted by atomic mass is 32.2. The van der Waals surface area contributed by atoms with Gasteiger partial charge in [-0.15, -0.1) is 0 Å². The average molecular weight is 683 g/mol. The van der Waals surface area contributed by atoms with Gasteiger partial charge in [-0.1, -0.05) is 31.2 Å². The first-order valence-electron chi connectivity index (χ1n) is 16.2. The minimum absolute atomic E-state index is 0.00924. The first kappa shape index (κ1) is 32.7. The van der Waals surface area contributed by atoms with Gasteiger partial charge in [0.05, 0.1) is 35.1 Å². The second-order valence-electron chi connectivity index (χ2n) is 13.9. The second-order valence-corrected chi connectivity index (χ2v) is 15.6. The van der Waals surface area contributed by atoms with Crippen LogP contribution in [0.4, 0.5) is 5.95 Å². The molecule has 13 heteroatoms. The minimum atomic E-state index is -4.20. The van der Waals surface area contributed by atoms with Crippen molar-refractivity contribution in [1.82, 2.24) is 24.8 Å². The fraction of sp³-hybridized carbons (Fsp3) is 0.361. The van der Waals surface area contributed by atoms with Gasteiger partial charge in [-0.3, -0.25) is 4.79 Å². The lowest BCUT2D eigenvalue weighted by Crippen LogP contribution is -2.44. The quantitative estimate of drug-likeness (QED) is 0.220. The maximum atomic E-state index is 14.5. The second kappa shape index (κ2) is 11.9. The van der Waals surface area contributed by atoms with Crippen LogP contribution in [0.15, 0.2) is 70.1 Å². The van der Waals surface area contributed by atoms with Gasteiger partial charge in [-0.25, -0.2) is 28.1 Å². The van der Waals surface area contributed by atoms with Gasteiger partial charge in [0, 0.05) is 23.3 Å².